The van der Waals surface area contributed by atoms with Gasteiger partial charge in [0.1, 0.15) is 0 Å². The number of aliphatic hydroxyl groups is 1. The highest BCUT2D eigenvalue weighted by Crippen LogP contribution is 2.28. The molecule has 0 amide bonds. The minimum absolute atomic E-state index is 0.467. The molecular weight excluding hydrogens is 294 g/mol. The summed E-state index contributed by atoms with van der Waals surface area (Å²) in [5, 5.41) is 18.1. The summed E-state index contributed by atoms with van der Waals surface area (Å²) in [5.41, 5.74) is -0.671. The molecule has 0 bridgehead atoms. The zero-order valence-electron chi connectivity index (χ0n) is 14.8. The number of hydrogen-bond acceptors (Lipinski definition) is 3. The monoisotopic (exact) mass is 329 g/mol. The van der Waals surface area contributed by atoms with Gasteiger partial charge in [-0.1, -0.05) is 27.2 Å². The molecule has 4 nitrogen and oxygen atoms in total. The second-order valence-electron chi connectivity index (χ2n) is 6.21. The molecule has 2 unspecified atom stereocenters. The number of rotatable bonds is 8. The molecule has 130 valence electrons. The molecule has 5 heteroatoms. The van der Waals surface area contributed by atoms with Gasteiger partial charge >= 0.3 is 0 Å². The minimum atomic E-state index is -0.671. The van der Waals surface area contributed by atoms with Crippen LogP contribution in [0.25, 0.3) is 0 Å². The molecule has 0 aromatic carbocycles. The van der Waals surface area contributed by atoms with E-state index >= 15 is 0 Å². The Morgan fingerprint density at radius 1 is 1.23 bits per heavy atom. The van der Waals surface area contributed by atoms with E-state index < -0.39 is 5.60 Å². The summed E-state index contributed by atoms with van der Waals surface area (Å²) in [6.45, 7) is 9.68. The van der Waals surface area contributed by atoms with Gasteiger partial charge in [0.25, 0.3) is 0 Å². The molecule has 0 aromatic rings. The highest BCUT2D eigenvalue weighted by molar-refractivity contribution is 7.99. The summed E-state index contributed by atoms with van der Waals surface area (Å²) >= 11 is 2.08. The maximum atomic E-state index is 10.4. The van der Waals surface area contributed by atoms with Crippen molar-refractivity contribution in [2.75, 3.05) is 18.8 Å². The van der Waals surface area contributed by atoms with Crippen LogP contribution in [0.3, 0.4) is 0 Å². The summed E-state index contributed by atoms with van der Waals surface area (Å²) in [5.74, 6) is 2.06. The van der Waals surface area contributed by atoms with E-state index in [2.05, 4.69) is 41.2 Å². The van der Waals surface area contributed by atoms with Crippen LogP contribution in [0.15, 0.2) is 4.99 Å². The number of nitrogens with zero attached hydrogens (tertiary/aromatic N) is 1. The largest absolute Gasteiger partial charge is 0.388 e. The highest BCUT2D eigenvalue weighted by Gasteiger charge is 2.24. The molecule has 0 aromatic heterocycles. The summed E-state index contributed by atoms with van der Waals surface area (Å²) in [6, 6.07) is 0.506. The van der Waals surface area contributed by atoms with E-state index in [9.17, 15) is 5.11 Å². The summed E-state index contributed by atoms with van der Waals surface area (Å²) < 4.78 is 0. The zero-order chi connectivity index (χ0) is 16.4. The highest BCUT2D eigenvalue weighted by atomic mass is 32.2. The van der Waals surface area contributed by atoms with Crippen LogP contribution in [0.4, 0.5) is 0 Å². The first-order valence-corrected chi connectivity index (χ1v) is 10.0. The Hall–Kier alpha value is -0.420. The third-order valence-corrected chi connectivity index (χ3v) is 5.79. The molecule has 1 saturated carbocycles. The first kappa shape index (κ1) is 19.6. The molecule has 2 atom stereocenters. The first-order chi connectivity index (χ1) is 10.6. The van der Waals surface area contributed by atoms with Gasteiger partial charge in [0, 0.05) is 17.8 Å². The number of aliphatic imine (C=N–C) groups is 1. The van der Waals surface area contributed by atoms with Crippen LogP contribution in [0, 0.1) is 0 Å². The summed E-state index contributed by atoms with van der Waals surface area (Å²) in [7, 11) is 0. The lowest BCUT2D eigenvalue weighted by Crippen LogP contribution is -2.46. The lowest BCUT2D eigenvalue weighted by molar-refractivity contribution is 0.0417. The fraction of sp³-hybridized carbons (Fsp3) is 0.941. The Balaban J connectivity index is 2.59. The Labute approximate surface area is 140 Å². The fourth-order valence-electron chi connectivity index (χ4n) is 2.88. The maximum Gasteiger partial charge on any atom is 0.191 e. The maximum absolute atomic E-state index is 10.4. The van der Waals surface area contributed by atoms with Crippen molar-refractivity contribution in [3.05, 3.63) is 0 Å². The van der Waals surface area contributed by atoms with Crippen molar-refractivity contribution in [3.8, 4) is 0 Å². The van der Waals surface area contributed by atoms with E-state index in [1.54, 1.807) is 0 Å². The molecule has 0 saturated heterocycles. The van der Waals surface area contributed by atoms with Crippen molar-refractivity contribution >= 4 is 17.7 Å². The van der Waals surface area contributed by atoms with Gasteiger partial charge in [-0.3, -0.25) is 4.99 Å². The molecule has 0 heterocycles. The number of nitrogens with one attached hydrogen (secondary N) is 2. The number of thioether (sulfide) groups is 1. The second-order valence-corrected chi connectivity index (χ2v) is 7.79. The lowest BCUT2D eigenvalue weighted by atomic mass is 9.95. The Bertz CT molecular complexity index is 330. The molecule has 0 aliphatic heterocycles. The molecule has 1 fully saturated rings. The molecule has 1 aliphatic rings. The van der Waals surface area contributed by atoms with Crippen molar-refractivity contribution in [1.82, 2.24) is 10.6 Å². The average Bonchev–Trinajstić information content (AvgIpc) is 2.53. The minimum Gasteiger partial charge on any atom is -0.388 e. The lowest BCUT2D eigenvalue weighted by Gasteiger charge is -2.31. The molecule has 3 N–H and O–H groups in total. The summed E-state index contributed by atoms with van der Waals surface area (Å²) in [6.07, 6.45) is 6.56. The van der Waals surface area contributed by atoms with E-state index in [0.29, 0.717) is 12.6 Å². The molecule has 0 radical (unpaired) electrons. The first-order valence-electron chi connectivity index (χ1n) is 8.95. The van der Waals surface area contributed by atoms with Gasteiger partial charge in [-0.2, -0.15) is 11.8 Å². The van der Waals surface area contributed by atoms with E-state index in [4.69, 9.17) is 0 Å². The van der Waals surface area contributed by atoms with Crippen molar-refractivity contribution < 1.29 is 5.11 Å². The standard InChI is InChI=1S/C17H35N3OS/c1-5-17(21,6-2)13-19-16(18-7-3)20-14-10-9-11-15(12-14)22-8-4/h14-15,21H,5-13H2,1-4H3,(H2,18,19,20). The molecule has 0 spiro atoms. The van der Waals surface area contributed by atoms with Crippen LogP contribution >= 0.6 is 11.8 Å². The van der Waals surface area contributed by atoms with Gasteiger partial charge in [0.2, 0.25) is 0 Å². The summed E-state index contributed by atoms with van der Waals surface area (Å²) in [4.78, 5) is 4.63. The van der Waals surface area contributed by atoms with Gasteiger partial charge in [-0.25, -0.2) is 0 Å². The Morgan fingerprint density at radius 3 is 2.55 bits per heavy atom. The van der Waals surface area contributed by atoms with Crippen LogP contribution in [0.1, 0.15) is 66.2 Å². The Kier molecular flexibility index (Phi) is 9.25. The predicted molar refractivity (Wildman–Crippen MR) is 98.8 cm³/mol. The van der Waals surface area contributed by atoms with Crippen molar-refractivity contribution in [1.29, 1.82) is 0 Å². The Morgan fingerprint density at radius 2 is 1.95 bits per heavy atom. The molecule has 1 rings (SSSR count). The normalized spacial score (nSPS) is 23.4. The molecule has 22 heavy (non-hydrogen) atoms. The average molecular weight is 330 g/mol. The van der Waals surface area contributed by atoms with Gasteiger partial charge in [-0.15, -0.1) is 0 Å². The van der Waals surface area contributed by atoms with E-state index in [0.717, 1.165) is 30.6 Å². The predicted octanol–water partition coefficient (Wildman–Crippen LogP) is 3.16. The zero-order valence-corrected chi connectivity index (χ0v) is 15.6. The van der Waals surface area contributed by atoms with Crippen LogP contribution in [-0.2, 0) is 0 Å². The van der Waals surface area contributed by atoms with Gasteiger partial charge < -0.3 is 15.7 Å². The number of guanidine groups is 1. The second kappa shape index (κ2) is 10.4. The van der Waals surface area contributed by atoms with Crippen molar-refractivity contribution in [3.63, 3.8) is 0 Å². The molecule has 1 aliphatic carbocycles. The van der Waals surface area contributed by atoms with Gasteiger partial charge in [-0.05, 0) is 44.8 Å². The molecular formula is C17H35N3OS. The van der Waals surface area contributed by atoms with Crippen LogP contribution < -0.4 is 10.6 Å². The van der Waals surface area contributed by atoms with Crippen LogP contribution in [0.5, 0.6) is 0 Å². The van der Waals surface area contributed by atoms with Crippen LogP contribution in [-0.4, -0.2) is 46.8 Å². The fourth-order valence-corrected chi connectivity index (χ4v) is 4.05. The van der Waals surface area contributed by atoms with E-state index in [1.165, 1.54) is 31.4 Å². The van der Waals surface area contributed by atoms with Crippen molar-refractivity contribution in [2.24, 2.45) is 4.99 Å². The van der Waals surface area contributed by atoms with Gasteiger partial charge in [0.15, 0.2) is 5.96 Å². The van der Waals surface area contributed by atoms with Crippen LogP contribution in [0.2, 0.25) is 0 Å². The SMILES string of the molecule is CCNC(=NCC(O)(CC)CC)NC1CCCC(SCC)C1. The van der Waals surface area contributed by atoms with E-state index in [-0.39, 0.29) is 0 Å². The van der Waals surface area contributed by atoms with Gasteiger partial charge in [0.05, 0.1) is 12.1 Å². The third-order valence-electron chi connectivity index (χ3n) is 4.56. The smallest absolute Gasteiger partial charge is 0.191 e. The van der Waals surface area contributed by atoms with Crippen molar-refractivity contribution in [2.45, 2.75) is 83.1 Å². The quantitative estimate of drug-likeness (QED) is 0.473. The topological polar surface area (TPSA) is 56.7 Å². The third kappa shape index (κ3) is 6.78. The van der Waals surface area contributed by atoms with E-state index in [1.807, 2.05) is 13.8 Å². The number of hydrogen-bond donors (Lipinski definition) is 3.